The van der Waals surface area contributed by atoms with Crippen LogP contribution in [-0.2, 0) is 11.3 Å². The monoisotopic (exact) mass is 284 g/mol. The molecule has 2 heterocycles. The highest BCUT2D eigenvalue weighted by molar-refractivity contribution is 5.85. The van der Waals surface area contributed by atoms with Crippen molar-refractivity contribution in [3.05, 3.63) is 18.0 Å². The summed E-state index contributed by atoms with van der Waals surface area (Å²) in [6.07, 6.45) is 7.14. The largest absolute Gasteiger partial charge is 0.350 e. The predicted octanol–water partition coefficient (Wildman–Crippen LogP) is 1.26. The third-order valence-corrected chi connectivity index (χ3v) is 3.96. The van der Waals surface area contributed by atoms with Gasteiger partial charge < -0.3 is 10.6 Å². The van der Waals surface area contributed by atoms with Crippen molar-refractivity contribution < 1.29 is 4.79 Å². The van der Waals surface area contributed by atoms with E-state index in [0.29, 0.717) is 12.6 Å². The minimum absolute atomic E-state index is 0. The van der Waals surface area contributed by atoms with E-state index in [1.165, 1.54) is 25.7 Å². The quantitative estimate of drug-likeness (QED) is 0.875. The second-order valence-electron chi connectivity index (χ2n) is 5.30. The van der Waals surface area contributed by atoms with Crippen LogP contribution in [0.25, 0.3) is 0 Å². The van der Waals surface area contributed by atoms with E-state index >= 15 is 0 Å². The van der Waals surface area contributed by atoms with Gasteiger partial charge in [-0.2, -0.15) is 5.10 Å². The Bertz CT molecular complexity index is 424. The van der Waals surface area contributed by atoms with Crippen molar-refractivity contribution in [2.75, 3.05) is 13.1 Å². The number of hydrogen-bond acceptors (Lipinski definition) is 3. The lowest BCUT2D eigenvalue weighted by molar-refractivity contribution is -0.126. The van der Waals surface area contributed by atoms with E-state index in [1.54, 1.807) is 0 Å². The summed E-state index contributed by atoms with van der Waals surface area (Å²) in [5, 5.41) is 10.6. The Kier molecular flexibility index (Phi) is 4.82. The number of aromatic nitrogens is 2. The average Bonchev–Trinajstić information content (AvgIpc) is 2.94. The van der Waals surface area contributed by atoms with E-state index in [1.807, 2.05) is 12.3 Å². The number of hydrogen-bond donors (Lipinski definition) is 2. The van der Waals surface area contributed by atoms with Crippen molar-refractivity contribution in [1.82, 2.24) is 20.4 Å². The lowest BCUT2D eigenvalue weighted by Crippen LogP contribution is -2.50. The molecule has 1 aliphatic carbocycles. The van der Waals surface area contributed by atoms with Crippen molar-refractivity contribution >= 4 is 18.3 Å². The summed E-state index contributed by atoms with van der Waals surface area (Å²) in [6, 6.07) is 2.59. The standard InChI is InChI=1S/C13H20N4O.ClH/c18-13(10-7-14-8-10)15-9-11-5-6-17(16-11)12-3-1-2-4-12;/h5-6,10,12,14H,1-4,7-9H2,(H,15,18);1H. The van der Waals surface area contributed by atoms with Gasteiger partial charge in [-0.3, -0.25) is 9.48 Å². The van der Waals surface area contributed by atoms with Crippen molar-refractivity contribution in [2.45, 2.75) is 38.3 Å². The normalized spacial score (nSPS) is 19.8. The minimum atomic E-state index is 0. The van der Waals surface area contributed by atoms with Gasteiger partial charge in [-0.15, -0.1) is 12.4 Å². The van der Waals surface area contributed by atoms with Crippen molar-refractivity contribution in [2.24, 2.45) is 5.92 Å². The Labute approximate surface area is 119 Å². The van der Waals surface area contributed by atoms with Gasteiger partial charge in [0.2, 0.25) is 5.91 Å². The van der Waals surface area contributed by atoms with Crippen LogP contribution in [0.4, 0.5) is 0 Å². The summed E-state index contributed by atoms with van der Waals surface area (Å²) in [6.45, 7) is 2.17. The van der Waals surface area contributed by atoms with Crippen LogP contribution in [-0.4, -0.2) is 28.8 Å². The molecule has 19 heavy (non-hydrogen) atoms. The number of carbonyl (C=O) groups excluding carboxylic acids is 1. The molecule has 0 radical (unpaired) electrons. The van der Waals surface area contributed by atoms with Crippen LogP contribution in [0, 0.1) is 5.92 Å². The zero-order valence-electron chi connectivity index (χ0n) is 11.0. The molecule has 0 spiro atoms. The second kappa shape index (κ2) is 6.39. The smallest absolute Gasteiger partial charge is 0.226 e. The van der Waals surface area contributed by atoms with E-state index in [-0.39, 0.29) is 24.2 Å². The molecule has 1 aromatic rings. The number of nitrogens with one attached hydrogen (secondary N) is 2. The molecule has 2 aliphatic rings. The van der Waals surface area contributed by atoms with E-state index in [2.05, 4.69) is 20.4 Å². The first-order valence-electron chi connectivity index (χ1n) is 6.85. The number of rotatable bonds is 4. The molecule has 1 saturated carbocycles. The summed E-state index contributed by atoms with van der Waals surface area (Å²) in [7, 11) is 0. The Morgan fingerprint density at radius 2 is 2.16 bits per heavy atom. The first-order valence-corrected chi connectivity index (χ1v) is 6.85. The van der Waals surface area contributed by atoms with Gasteiger partial charge in [0.05, 0.1) is 24.2 Å². The molecule has 3 rings (SSSR count). The van der Waals surface area contributed by atoms with Crippen LogP contribution in [0.5, 0.6) is 0 Å². The van der Waals surface area contributed by atoms with Gasteiger partial charge in [-0.25, -0.2) is 0 Å². The SMILES string of the molecule is Cl.O=C(NCc1ccn(C2CCCC2)n1)C1CNC1. The van der Waals surface area contributed by atoms with Gasteiger partial charge in [0.1, 0.15) is 0 Å². The number of carbonyl (C=O) groups is 1. The molecule has 1 amide bonds. The molecular weight excluding hydrogens is 264 g/mol. The topological polar surface area (TPSA) is 59.0 Å². The molecule has 1 aromatic heterocycles. The van der Waals surface area contributed by atoms with Crippen molar-refractivity contribution in [1.29, 1.82) is 0 Å². The highest BCUT2D eigenvalue weighted by Crippen LogP contribution is 2.28. The second-order valence-corrected chi connectivity index (χ2v) is 5.30. The summed E-state index contributed by atoms with van der Waals surface area (Å²) < 4.78 is 2.07. The third-order valence-electron chi connectivity index (χ3n) is 3.96. The molecule has 2 fully saturated rings. The van der Waals surface area contributed by atoms with E-state index in [4.69, 9.17) is 0 Å². The van der Waals surface area contributed by atoms with Crippen LogP contribution in [0.3, 0.4) is 0 Å². The summed E-state index contributed by atoms with van der Waals surface area (Å²) >= 11 is 0. The number of halogens is 1. The van der Waals surface area contributed by atoms with E-state index in [0.717, 1.165) is 18.8 Å². The minimum Gasteiger partial charge on any atom is -0.350 e. The number of amides is 1. The Balaban J connectivity index is 0.00000133. The fraction of sp³-hybridized carbons (Fsp3) is 0.692. The molecule has 1 saturated heterocycles. The van der Waals surface area contributed by atoms with Gasteiger partial charge in [0, 0.05) is 19.3 Å². The zero-order valence-corrected chi connectivity index (χ0v) is 11.8. The average molecular weight is 285 g/mol. The van der Waals surface area contributed by atoms with E-state index < -0.39 is 0 Å². The molecule has 5 nitrogen and oxygen atoms in total. The summed E-state index contributed by atoms with van der Waals surface area (Å²) in [4.78, 5) is 11.7. The van der Waals surface area contributed by atoms with Crippen LogP contribution in [0.15, 0.2) is 12.3 Å². The zero-order chi connectivity index (χ0) is 12.4. The lowest BCUT2D eigenvalue weighted by Gasteiger charge is -2.25. The van der Waals surface area contributed by atoms with Gasteiger partial charge in [0.25, 0.3) is 0 Å². The van der Waals surface area contributed by atoms with Crippen molar-refractivity contribution in [3.8, 4) is 0 Å². The molecule has 0 unspecified atom stereocenters. The fourth-order valence-corrected chi connectivity index (χ4v) is 2.64. The molecule has 0 atom stereocenters. The van der Waals surface area contributed by atoms with Gasteiger partial charge in [0.15, 0.2) is 0 Å². The first kappa shape index (κ1) is 14.3. The highest BCUT2D eigenvalue weighted by Gasteiger charge is 2.24. The first-order chi connectivity index (χ1) is 8.83. The summed E-state index contributed by atoms with van der Waals surface area (Å²) in [5.41, 5.74) is 0.961. The maximum Gasteiger partial charge on any atom is 0.226 e. The number of nitrogens with zero attached hydrogens (tertiary/aromatic N) is 2. The van der Waals surface area contributed by atoms with Gasteiger partial charge in [-0.1, -0.05) is 12.8 Å². The maximum atomic E-state index is 11.7. The van der Waals surface area contributed by atoms with Crippen LogP contribution in [0.1, 0.15) is 37.4 Å². The molecular formula is C13H21ClN4O. The maximum absolute atomic E-state index is 11.7. The van der Waals surface area contributed by atoms with Gasteiger partial charge in [-0.05, 0) is 18.9 Å². The molecule has 2 N–H and O–H groups in total. The summed E-state index contributed by atoms with van der Waals surface area (Å²) in [5.74, 6) is 0.297. The van der Waals surface area contributed by atoms with Crippen molar-refractivity contribution in [3.63, 3.8) is 0 Å². The Hall–Kier alpha value is -1.07. The van der Waals surface area contributed by atoms with Crippen LogP contribution >= 0.6 is 12.4 Å². The lowest BCUT2D eigenvalue weighted by atomic mass is 10.0. The Morgan fingerprint density at radius 3 is 2.79 bits per heavy atom. The third kappa shape index (κ3) is 3.28. The molecule has 106 valence electrons. The molecule has 6 heteroatoms. The van der Waals surface area contributed by atoms with E-state index in [9.17, 15) is 4.79 Å². The molecule has 0 bridgehead atoms. The van der Waals surface area contributed by atoms with Crippen LogP contribution < -0.4 is 10.6 Å². The van der Waals surface area contributed by atoms with Gasteiger partial charge >= 0.3 is 0 Å². The van der Waals surface area contributed by atoms with Crippen LogP contribution in [0.2, 0.25) is 0 Å². The Morgan fingerprint density at radius 1 is 1.42 bits per heavy atom. The fourth-order valence-electron chi connectivity index (χ4n) is 2.64. The highest BCUT2D eigenvalue weighted by atomic mass is 35.5. The molecule has 0 aromatic carbocycles. The molecule has 1 aliphatic heterocycles. The predicted molar refractivity (Wildman–Crippen MR) is 75.2 cm³/mol.